The Balaban J connectivity index is 1.80. The molecule has 0 radical (unpaired) electrons. The van der Waals surface area contributed by atoms with Gasteiger partial charge in [-0.2, -0.15) is 0 Å². The van der Waals surface area contributed by atoms with Gasteiger partial charge in [-0.15, -0.1) is 23.5 Å². The minimum atomic E-state index is -1.20. The fourth-order valence-corrected chi connectivity index (χ4v) is 6.75. The Hall–Kier alpha value is -0.750. The van der Waals surface area contributed by atoms with Crippen molar-refractivity contribution in [1.82, 2.24) is 4.72 Å². The first kappa shape index (κ1) is 17.1. The van der Waals surface area contributed by atoms with Crippen LogP contribution in [-0.4, -0.2) is 20.3 Å². The first-order valence-electron chi connectivity index (χ1n) is 7.77. The summed E-state index contributed by atoms with van der Waals surface area (Å²) in [6, 6.07) is 18.4. The number of hydrogen-bond acceptors (Lipinski definition) is 3. The van der Waals surface area contributed by atoms with Gasteiger partial charge in [0.15, 0.2) is 0 Å². The van der Waals surface area contributed by atoms with Gasteiger partial charge in [0.2, 0.25) is 0 Å². The summed E-state index contributed by atoms with van der Waals surface area (Å²) in [6.07, 6.45) is 1.26. The van der Waals surface area contributed by atoms with Gasteiger partial charge in [0, 0.05) is 0 Å². The maximum atomic E-state index is 12.8. The Morgan fingerprint density at radius 2 is 1.70 bits per heavy atom. The Kier molecular flexibility index (Phi) is 6.22. The lowest BCUT2D eigenvalue weighted by Crippen LogP contribution is -2.31. The molecule has 1 aliphatic heterocycles. The molecule has 0 spiro atoms. The molecule has 2 atom stereocenters. The van der Waals surface area contributed by atoms with E-state index in [4.69, 9.17) is 0 Å². The number of nitrogens with one attached hydrogen (secondary N) is 1. The lowest BCUT2D eigenvalue weighted by molar-refractivity contribution is 0.647. The molecular formula is C18H21NOS3. The van der Waals surface area contributed by atoms with E-state index >= 15 is 0 Å². The topological polar surface area (TPSA) is 29.1 Å². The number of rotatable bonds is 5. The van der Waals surface area contributed by atoms with E-state index in [0.29, 0.717) is 4.58 Å². The van der Waals surface area contributed by atoms with Crippen molar-refractivity contribution < 1.29 is 4.21 Å². The number of hydrogen-bond donors (Lipinski definition) is 1. The summed E-state index contributed by atoms with van der Waals surface area (Å²) in [5, 5.41) is 0. The summed E-state index contributed by atoms with van der Waals surface area (Å²) in [4.78, 5) is 0.836. The molecule has 1 N–H and O–H groups in total. The Morgan fingerprint density at radius 3 is 2.35 bits per heavy atom. The van der Waals surface area contributed by atoms with Gasteiger partial charge in [0.1, 0.15) is 11.0 Å². The molecule has 5 heteroatoms. The third-order valence-corrected chi connectivity index (χ3v) is 7.99. The molecule has 1 unspecified atom stereocenters. The van der Waals surface area contributed by atoms with E-state index in [-0.39, 0.29) is 6.04 Å². The molecule has 0 aromatic heterocycles. The quantitative estimate of drug-likeness (QED) is 0.845. The zero-order valence-corrected chi connectivity index (χ0v) is 15.6. The molecule has 0 bridgehead atoms. The number of thioether (sulfide) groups is 2. The van der Waals surface area contributed by atoms with E-state index in [1.165, 1.54) is 29.1 Å². The van der Waals surface area contributed by atoms with Crippen molar-refractivity contribution in [2.24, 2.45) is 0 Å². The maximum Gasteiger partial charge on any atom is 0.125 e. The van der Waals surface area contributed by atoms with E-state index in [1.54, 1.807) is 0 Å². The molecule has 2 nitrogen and oxygen atoms in total. The Labute approximate surface area is 149 Å². The van der Waals surface area contributed by atoms with Gasteiger partial charge in [-0.25, -0.2) is 8.93 Å². The zero-order valence-electron chi connectivity index (χ0n) is 13.1. The molecule has 2 aromatic carbocycles. The molecule has 0 aliphatic carbocycles. The van der Waals surface area contributed by atoms with Gasteiger partial charge < -0.3 is 0 Å². The van der Waals surface area contributed by atoms with Crippen molar-refractivity contribution in [3.63, 3.8) is 0 Å². The van der Waals surface area contributed by atoms with Crippen LogP contribution in [0.4, 0.5) is 0 Å². The van der Waals surface area contributed by atoms with Crippen LogP contribution < -0.4 is 4.72 Å². The van der Waals surface area contributed by atoms with Gasteiger partial charge >= 0.3 is 0 Å². The molecular weight excluding hydrogens is 342 g/mol. The maximum absolute atomic E-state index is 12.8. The fourth-order valence-electron chi connectivity index (χ4n) is 2.48. The lowest BCUT2D eigenvalue weighted by Gasteiger charge is -2.30. The van der Waals surface area contributed by atoms with E-state index in [9.17, 15) is 4.21 Å². The highest BCUT2D eigenvalue weighted by Gasteiger charge is 2.27. The average Bonchev–Trinajstić information content (AvgIpc) is 2.61. The highest BCUT2D eigenvalue weighted by Crippen LogP contribution is 2.39. The number of aryl methyl sites for hydroxylation is 1. The lowest BCUT2D eigenvalue weighted by atomic mass is 10.1. The predicted octanol–water partition coefficient (Wildman–Crippen LogP) is 4.54. The van der Waals surface area contributed by atoms with Crippen LogP contribution in [0.5, 0.6) is 0 Å². The van der Waals surface area contributed by atoms with Crippen LogP contribution in [0.1, 0.15) is 23.6 Å². The Morgan fingerprint density at radius 1 is 1.04 bits per heavy atom. The van der Waals surface area contributed by atoms with Crippen LogP contribution in [0.2, 0.25) is 0 Å². The second kappa shape index (κ2) is 8.38. The van der Waals surface area contributed by atoms with E-state index in [0.717, 1.165) is 4.90 Å². The molecule has 2 aromatic rings. The van der Waals surface area contributed by atoms with Gasteiger partial charge in [0.25, 0.3) is 0 Å². The second-order valence-corrected chi connectivity index (χ2v) is 9.59. The summed E-state index contributed by atoms with van der Waals surface area (Å²) in [7, 11) is -1.20. The molecule has 3 rings (SSSR count). The zero-order chi connectivity index (χ0) is 16.1. The summed E-state index contributed by atoms with van der Waals surface area (Å²) in [5.74, 6) is 2.36. The van der Waals surface area contributed by atoms with Crippen LogP contribution in [0.3, 0.4) is 0 Å². The van der Waals surface area contributed by atoms with Crippen molar-refractivity contribution in [3.8, 4) is 0 Å². The Bertz CT molecular complexity index is 639. The molecule has 1 aliphatic rings. The molecule has 122 valence electrons. The number of benzene rings is 2. The van der Waals surface area contributed by atoms with Gasteiger partial charge in [-0.3, -0.25) is 0 Å². The molecule has 0 saturated carbocycles. The van der Waals surface area contributed by atoms with Crippen molar-refractivity contribution in [2.75, 3.05) is 11.5 Å². The predicted molar refractivity (Wildman–Crippen MR) is 103 cm³/mol. The first-order valence-corrected chi connectivity index (χ1v) is 11.0. The second-order valence-electron chi connectivity index (χ2n) is 5.55. The monoisotopic (exact) mass is 363 g/mol. The third-order valence-electron chi connectivity index (χ3n) is 3.75. The summed E-state index contributed by atoms with van der Waals surface area (Å²) >= 11 is 3.94. The van der Waals surface area contributed by atoms with Crippen molar-refractivity contribution in [3.05, 3.63) is 65.7 Å². The minimum Gasteiger partial charge on any atom is -0.237 e. The minimum absolute atomic E-state index is 0.0913. The highest BCUT2D eigenvalue weighted by molar-refractivity contribution is 8.17. The van der Waals surface area contributed by atoms with Crippen molar-refractivity contribution >= 4 is 34.5 Å². The van der Waals surface area contributed by atoms with Crippen molar-refractivity contribution in [1.29, 1.82) is 0 Å². The summed E-state index contributed by atoms with van der Waals surface area (Å²) in [5.41, 5.74) is 2.39. The van der Waals surface area contributed by atoms with Gasteiger partial charge in [-0.1, -0.05) is 48.0 Å². The largest absolute Gasteiger partial charge is 0.237 e. The molecule has 1 saturated heterocycles. The molecule has 1 fully saturated rings. The SMILES string of the molecule is Cc1ccc(S(=O)N[C@@H](c2ccccc2)C2SCCCS2)cc1. The molecule has 0 amide bonds. The van der Waals surface area contributed by atoms with E-state index in [1.807, 2.05) is 60.8 Å². The van der Waals surface area contributed by atoms with E-state index in [2.05, 4.69) is 29.0 Å². The van der Waals surface area contributed by atoms with Crippen LogP contribution in [-0.2, 0) is 11.0 Å². The van der Waals surface area contributed by atoms with Crippen molar-refractivity contribution in [2.45, 2.75) is 28.9 Å². The standard InChI is InChI=1S/C18H21NOS3/c1-14-8-10-16(11-9-14)23(20)19-17(15-6-3-2-4-7-15)18-21-12-5-13-22-18/h2-4,6-11,17-19H,5,12-13H2,1H3/t17-,23?/m0/s1. The third kappa shape index (κ3) is 4.63. The van der Waals surface area contributed by atoms with E-state index < -0.39 is 11.0 Å². The highest BCUT2D eigenvalue weighted by atomic mass is 32.2. The molecule has 1 heterocycles. The average molecular weight is 364 g/mol. The first-order chi connectivity index (χ1) is 11.2. The van der Waals surface area contributed by atoms with Gasteiger partial charge in [-0.05, 0) is 42.5 Å². The van der Waals surface area contributed by atoms with Crippen LogP contribution in [0.15, 0.2) is 59.5 Å². The summed E-state index contributed by atoms with van der Waals surface area (Å²) in [6.45, 7) is 2.04. The summed E-state index contributed by atoms with van der Waals surface area (Å²) < 4.78 is 16.5. The van der Waals surface area contributed by atoms with Crippen LogP contribution >= 0.6 is 23.5 Å². The molecule has 23 heavy (non-hydrogen) atoms. The fraction of sp³-hybridized carbons (Fsp3) is 0.333. The normalized spacial score (nSPS) is 18.5. The van der Waals surface area contributed by atoms with Crippen LogP contribution in [0, 0.1) is 6.92 Å². The van der Waals surface area contributed by atoms with Gasteiger partial charge in [0.05, 0.1) is 15.5 Å². The smallest absolute Gasteiger partial charge is 0.125 e. The van der Waals surface area contributed by atoms with Crippen LogP contribution in [0.25, 0.3) is 0 Å².